The number of benzene rings is 1. The first-order valence-electron chi connectivity index (χ1n) is 12.8. The number of rotatable bonds is 17. The van der Waals surface area contributed by atoms with Crippen molar-refractivity contribution < 1.29 is 62.2 Å². The molecule has 1 amide bonds. The molecule has 0 radical (unpaired) electrons. The largest absolute Gasteiger partial charge is 0.501 e. The van der Waals surface area contributed by atoms with Crippen molar-refractivity contribution in [3.8, 4) is 6.07 Å². The maximum Gasteiger partial charge on any atom is 0.501 e. The first kappa shape index (κ1) is 38.8. The van der Waals surface area contributed by atoms with Crippen LogP contribution < -0.4 is 5.32 Å². The van der Waals surface area contributed by atoms with E-state index in [4.69, 9.17) is 5.26 Å². The van der Waals surface area contributed by atoms with Gasteiger partial charge < -0.3 is 10.4 Å². The molecule has 0 aliphatic carbocycles. The molecule has 2 N–H and O–H groups in total. The summed E-state index contributed by atoms with van der Waals surface area (Å²) in [6.45, 7) is 1.16. The molecule has 0 bridgehead atoms. The van der Waals surface area contributed by atoms with Crippen LogP contribution in [-0.2, 0) is 14.6 Å². The van der Waals surface area contributed by atoms with Crippen LogP contribution in [0.5, 0.6) is 0 Å². The smallest absolute Gasteiger partial charge is 0.380 e. The number of carbonyl (C=O) groups is 1. The van der Waals surface area contributed by atoms with Crippen LogP contribution >= 0.6 is 11.8 Å². The topological polar surface area (TPSA) is 107 Å². The van der Waals surface area contributed by atoms with E-state index in [1.807, 2.05) is 0 Å². The van der Waals surface area contributed by atoms with Crippen LogP contribution in [0.15, 0.2) is 23.1 Å². The van der Waals surface area contributed by atoms with E-state index in [9.17, 15) is 62.2 Å². The van der Waals surface area contributed by atoms with E-state index in [1.54, 1.807) is 0 Å². The predicted molar refractivity (Wildman–Crippen MR) is 138 cm³/mol. The minimum absolute atomic E-state index is 0.0442. The fourth-order valence-corrected chi connectivity index (χ4v) is 5.59. The Morgan fingerprint density at radius 1 is 0.884 bits per heavy atom. The Kier molecular flexibility index (Phi) is 13.7. The minimum atomic E-state index is -6.34. The highest BCUT2D eigenvalue weighted by atomic mass is 32.2. The van der Waals surface area contributed by atoms with Gasteiger partial charge in [-0.15, -0.1) is 0 Å². The third kappa shape index (κ3) is 10.7. The van der Waals surface area contributed by atoms with Crippen molar-refractivity contribution in [2.24, 2.45) is 0 Å². The lowest BCUT2D eigenvalue weighted by Gasteiger charge is -2.28. The lowest BCUT2D eigenvalue weighted by Crippen LogP contribution is -2.52. The zero-order valence-corrected chi connectivity index (χ0v) is 24.4. The van der Waals surface area contributed by atoms with Crippen molar-refractivity contribution in [3.63, 3.8) is 0 Å². The molecule has 1 aromatic rings. The van der Waals surface area contributed by atoms with Crippen molar-refractivity contribution in [2.75, 3.05) is 16.8 Å². The highest BCUT2D eigenvalue weighted by Gasteiger charge is 2.72. The number of sulfone groups is 1. The van der Waals surface area contributed by atoms with Gasteiger partial charge >= 0.3 is 23.5 Å². The molecule has 1 aromatic carbocycles. The number of amides is 1. The molecule has 0 heterocycles. The number of thioether (sulfide) groups is 1. The molecule has 0 spiro atoms. The Balaban J connectivity index is 2.37. The summed E-state index contributed by atoms with van der Waals surface area (Å²) in [4.78, 5) is 11.1. The van der Waals surface area contributed by atoms with Gasteiger partial charge in [0.15, 0.2) is 0 Å². The van der Waals surface area contributed by atoms with Crippen molar-refractivity contribution in [1.82, 2.24) is 0 Å². The summed E-state index contributed by atoms with van der Waals surface area (Å²) in [5.74, 6) is -12.6. The molecule has 18 heteroatoms. The number of hydrogen-bond acceptors (Lipinski definition) is 6. The van der Waals surface area contributed by atoms with Crippen molar-refractivity contribution in [1.29, 1.82) is 5.26 Å². The van der Waals surface area contributed by atoms with Gasteiger partial charge in [0.05, 0.1) is 10.5 Å². The molecule has 0 fully saturated rings. The Labute approximate surface area is 246 Å². The van der Waals surface area contributed by atoms with Gasteiger partial charge in [0.1, 0.15) is 11.7 Å². The van der Waals surface area contributed by atoms with Crippen LogP contribution in [0.1, 0.15) is 70.3 Å². The number of alkyl halides is 10. The average Bonchev–Trinajstić information content (AvgIpc) is 2.87. The van der Waals surface area contributed by atoms with Gasteiger partial charge in [-0.05, 0) is 49.5 Å². The lowest BCUT2D eigenvalue weighted by molar-refractivity contribution is -0.354. The predicted octanol–water partition coefficient (Wildman–Crippen LogP) is 7.62. The Morgan fingerprint density at radius 2 is 1.42 bits per heavy atom. The monoisotopic (exact) mass is 676 g/mol. The van der Waals surface area contributed by atoms with E-state index >= 15 is 0 Å². The SMILES string of the molecule is C[C@](O)(CCCCCCCCCSCCC(F)(F)C(F)(F)C(F)(F)F)C(=O)Nc1ccc(C#N)c(S(=O)(=O)C(F)(F)F)c1. The highest BCUT2D eigenvalue weighted by Crippen LogP contribution is 2.48. The molecule has 1 atom stereocenters. The first-order chi connectivity index (χ1) is 19.5. The van der Waals surface area contributed by atoms with Gasteiger partial charge in [-0.3, -0.25) is 4.79 Å². The summed E-state index contributed by atoms with van der Waals surface area (Å²) >= 11 is 0.849. The molecule has 0 aromatic heterocycles. The van der Waals surface area contributed by atoms with Gasteiger partial charge in [0.25, 0.3) is 15.7 Å². The third-order valence-corrected chi connectivity index (χ3v) is 8.87. The molecule has 6 nitrogen and oxygen atoms in total. The number of hydrogen-bond donors (Lipinski definition) is 2. The van der Waals surface area contributed by atoms with Crippen LogP contribution in [0.2, 0.25) is 0 Å². The summed E-state index contributed by atoms with van der Waals surface area (Å²) in [6, 6.07) is 3.63. The summed E-state index contributed by atoms with van der Waals surface area (Å²) in [5.41, 5.74) is -8.80. The number of nitriles is 1. The average molecular weight is 677 g/mol. The molecule has 0 aliphatic rings. The van der Waals surface area contributed by atoms with Gasteiger partial charge in [0.2, 0.25) is 0 Å². The second-order valence-corrected chi connectivity index (χ2v) is 13.0. The maximum absolute atomic E-state index is 13.2. The van der Waals surface area contributed by atoms with Gasteiger partial charge in [-0.25, -0.2) is 8.42 Å². The van der Waals surface area contributed by atoms with Crippen LogP contribution in [0, 0.1) is 11.3 Å². The normalized spacial score (nSPS) is 14.7. The van der Waals surface area contributed by atoms with E-state index in [2.05, 4.69) is 5.32 Å². The molecule has 246 valence electrons. The van der Waals surface area contributed by atoms with Crippen LogP contribution in [-0.4, -0.2) is 60.1 Å². The van der Waals surface area contributed by atoms with Crippen LogP contribution in [0.4, 0.5) is 49.6 Å². The van der Waals surface area contributed by atoms with Gasteiger partial charge in [-0.2, -0.15) is 60.9 Å². The number of aliphatic hydroxyl groups is 1. The standard InChI is InChI=1S/C25H30F10N2O4S2/c1-21(39,20(38)37-18-10-9-17(16-36)19(15-18)43(40,41)25(33,34)35)11-7-5-3-2-4-6-8-13-42-14-12-22(26,27)23(28,29)24(30,31)32/h9-10,15,39H,2-8,11-14H2,1H3,(H,37,38)/t21-/m0/s1. The number of unbranched alkanes of at least 4 members (excludes halogenated alkanes) is 6. The molecule has 43 heavy (non-hydrogen) atoms. The molecule has 1 rings (SSSR count). The number of anilines is 1. The number of carbonyl (C=O) groups excluding carboxylic acids is 1. The molecular weight excluding hydrogens is 646 g/mol. The molecule has 0 aliphatic heterocycles. The second kappa shape index (κ2) is 15.2. The van der Waals surface area contributed by atoms with E-state index in [0.29, 0.717) is 50.3 Å². The first-order valence-corrected chi connectivity index (χ1v) is 15.4. The van der Waals surface area contributed by atoms with E-state index in [0.717, 1.165) is 37.2 Å². The van der Waals surface area contributed by atoms with Crippen LogP contribution in [0.3, 0.4) is 0 Å². The summed E-state index contributed by atoms with van der Waals surface area (Å²) in [6.07, 6.45) is -3.76. The summed E-state index contributed by atoms with van der Waals surface area (Å²) in [5, 5.41) is 21.6. The zero-order chi connectivity index (χ0) is 33.3. The molecule has 0 saturated carbocycles. The van der Waals surface area contributed by atoms with E-state index < -0.39 is 67.5 Å². The third-order valence-electron chi connectivity index (χ3n) is 6.27. The Bertz CT molecular complexity index is 1230. The molecule has 0 unspecified atom stereocenters. The Hall–Kier alpha value is -2.26. The zero-order valence-electron chi connectivity index (χ0n) is 22.7. The highest BCUT2D eigenvalue weighted by molar-refractivity contribution is 7.99. The van der Waals surface area contributed by atoms with Crippen LogP contribution in [0.25, 0.3) is 0 Å². The van der Waals surface area contributed by atoms with Gasteiger partial charge in [-0.1, -0.05) is 38.5 Å². The molecule has 0 saturated heterocycles. The minimum Gasteiger partial charge on any atom is -0.380 e. The van der Waals surface area contributed by atoms with Crippen molar-refractivity contribution in [3.05, 3.63) is 23.8 Å². The fourth-order valence-electron chi connectivity index (χ4n) is 3.64. The summed E-state index contributed by atoms with van der Waals surface area (Å²) in [7, 11) is -5.89. The number of nitrogens with one attached hydrogen (secondary N) is 1. The maximum atomic E-state index is 13.2. The van der Waals surface area contributed by atoms with Crippen molar-refractivity contribution in [2.45, 2.75) is 98.7 Å². The van der Waals surface area contributed by atoms with Crippen molar-refractivity contribution >= 4 is 33.2 Å². The number of halogens is 10. The van der Waals surface area contributed by atoms with E-state index in [-0.39, 0.29) is 12.1 Å². The molecular formula is C25H30F10N2O4S2. The summed E-state index contributed by atoms with van der Waals surface area (Å²) < 4.78 is 151. The van der Waals surface area contributed by atoms with Gasteiger partial charge in [0, 0.05) is 12.1 Å². The Morgan fingerprint density at radius 3 is 1.93 bits per heavy atom. The fraction of sp³-hybridized carbons (Fsp3) is 0.680. The van der Waals surface area contributed by atoms with E-state index in [1.165, 1.54) is 6.07 Å². The second-order valence-electron chi connectivity index (χ2n) is 9.86. The number of nitrogens with zero attached hydrogens (tertiary/aromatic N) is 1. The lowest BCUT2D eigenvalue weighted by atomic mass is 9.96. The quantitative estimate of drug-likeness (QED) is 0.130.